The van der Waals surface area contributed by atoms with Gasteiger partial charge in [-0.3, -0.25) is 19.3 Å². The van der Waals surface area contributed by atoms with E-state index in [-0.39, 0.29) is 19.8 Å². The average Bonchev–Trinajstić information content (AvgIpc) is 3.40. The number of benzene rings is 1. The van der Waals surface area contributed by atoms with Crippen molar-refractivity contribution in [1.29, 1.82) is 0 Å². The second kappa shape index (κ2) is 10.4. The number of rotatable bonds is 5. The summed E-state index contributed by atoms with van der Waals surface area (Å²) in [5.41, 5.74) is 0.323. The Balaban J connectivity index is 1.44. The van der Waals surface area contributed by atoms with Gasteiger partial charge in [0.15, 0.2) is 16.8 Å². The molecular formula is C25H27N5O5S. The predicted octanol–water partition coefficient (Wildman–Crippen LogP) is 2.76. The lowest BCUT2D eigenvalue weighted by molar-refractivity contribution is -0.146. The van der Waals surface area contributed by atoms with Crippen molar-refractivity contribution in [1.82, 2.24) is 19.6 Å². The first-order valence-corrected chi connectivity index (χ1v) is 12.1. The van der Waals surface area contributed by atoms with Crippen LogP contribution in [0.1, 0.15) is 20.8 Å². The van der Waals surface area contributed by atoms with Crippen LogP contribution in [0.25, 0.3) is 15.4 Å². The van der Waals surface area contributed by atoms with Crippen molar-refractivity contribution in [3.8, 4) is 22.8 Å². The minimum atomic E-state index is -1.29. The van der Waals surface area contributed by atoms with Crippen molar-refractivity contribution < 1.29 is 23.9 Å². The summed E-state index contributed by atoms with van der Waals surface area (Å²) >= 11 is 1.49. The number of carbonyl (C=O) groups excluding carboxylic acids is 3. The lowest BCUT2D eigenvalue weighted by Crippen LogP contribution is -2.59. The molecule has 0 spiro atoms. The van der Waals surface area contributed by atoms with Crippen LogP contribution in [-0.4, -0.2) is 69.6 Å². The van der Waals surface area contributed by atoms with Gasteiger partial charge in [-0.25, -0.2) is 9.78 Å². The van der Waals surface area contributed by atoms with Gasteiger partial charge in [-0.05, 0) is 26.3 Å². The van der Waals surface area contributed by atoms with E-state index in [1.807, 2.05) is 40.9 Å². The van der Waals surface area contributed by atoms with Gasteiger partial charge in [-0.2, -0.15) is 0 Å². The summed E-state index contributed by atoms with van der Waals surface area (Å²) in [5.74, 6) is 1.56. The number of aromatic nitrogens is 2. The number of thiazole rings is 1. The Hall–Kier alpha value is -3.88. The molecule has 3 heterocycles. The fraction of sp³-hybridized carbons (Fsp3) is 0.360. The number of anilines is 1. The number of imidazole rings is 1. The molecule has 0 unspecified atom stereocenters. The molecule has 2 N–H and O–H groups in total. The normalized spacial score (nSPS) is 16.7. The topological polar surface area (TPSA) is 114 Å². The van der Waals surface area contributed by atoms with Gasteiger partial charge >= 0.3 is 6.09 Å². The average molecular weight is 510 g/mol. The van der Waals surface area contributed by atoms with E-state index in [4.69, 9.17) is 15.9 Å². The van der Waals surface area contributed by atoms with Gasteiger partial charge in [0.05, 0.1) is 24.3 Å². The molecule has 1 aromatic carbocycles. The molecule has 3 amide bonds. The fourth-order valence-corrected chi connectivity index (χ4v) is 4.62. The van der Waals surface area contributed by atoms with Crippen LogP contribution in [0.5, 0.6) is 0 Å². The molecule has 3 aromatic rings. The molecule has 0 radical (unpaired) electrons. The highest BCUT2D eigenvalue weighted by Gasteiger charge is 2.37. The highest BCUT2D eigenvalue weighted by atomic mass is 32.1. The summed E-state index contributed by atoms with van der Waals surface area (Å²) in [7, 11) is 0. The van der Waals surface area contributed by atoms with Crippen LogP contribution in [0, 0.1) is 12.3 Å². The van der Waals surface area contributed by atoms with Crippen LogP contribution < -0.4 is 10.6 Å². The van der Waals surface area contributed by atoms with Crippen LogP contribution in [-0.2, 0) is 19.1 Å². The Morgan fingerprint density at radius 3 is 2.67 bits per heavy atom. The molecule has 36 heavy (non-hydrogen) atoms. The van der Waals surface area contributed by atoms with Crippen molar-refractivity contribution in [2.75, 3.05) is 25.1 Å². The first kappa shape index (κ1) is 25.2. The number of terminal acetylenes is 1. The maximum Gasteiger partial charge on any atom is 0.409 e. The van der Waals surface area contributed by atoms with E-state index < -0.39 is 35.6 Å². The summed E-state index contributed by atoms with van der Waals surface area (Å²) < 4.78 is 12.5. The van der Waals surface area contributed by atoms with E-state index in [1.54, 1.807) is 27.0 Å². The SMILES string of the molecule is C#C[C@@H](NC(=O)OC(C)(C)C)C(=O)N1CCOC[C@H]1C(=O)Nc1cn2cc(-c3ccccc3)sc2n1. The van der Waals surface area contributed by atoms with E-state index in [0.717, 1.165) is 10.4 Å². The molecule has 1 fully saturated rings. The lowest BCUT2D eigenvalue weighted by atomic mass is 10.1. The first-order chi connectivity index (χ1) is 17.1. The molecule has 2 aromatic heterocycles. The quantitative estimate of drug-likeness (QED) is 0.512. The van der Waals surface area contributed by atoms with Gasteiger partial charge in [-0.1, -0.05) is 47.6 Å². The number of nitrogens with zero attached hydrogens (tertiary/aromatic N) is 3. The van der Waals surface area contributed by atoms with Crippen LogP contribution in [0.4, 0.5) is 10.6 Å². The second-order valence-corrected chi connectivity index (χ2v) is 10.1. The maximum atomic E-state index is 13.1. The third-order valence-electron chi connectivity index (χ3n) is 5.25. The molecular weight excluding hydrogens is 482 g/mol. The standard InChI is InChI=1S/C25H27N5O5S/c1-5-17(26-24(33)35-25(2,3)4)22(32)30-11-12-34-15-18(30)21(31)27-20-14-29-13-19(36-23(29)28-20)16-9-7-6-8-10-16/h1,6-10,13-14,17-18H,11-12,15H2,2-4H3,(H,26,33)(H,27,31)/t17-,18+/m1/s1. The van der Waals surface area contributed by atoms with Crippen LogP contribution in [0.2, 0.25) is 0 Å². The van der Waals surface area contributed by atoms with E-state index >= 15 is 0 Å². The van der Waals surface area contributed by atoms with Crippen molar-refractivity contribution in [3.05, 3.63) is 42.7 Å². The molecule has 2 atom stereocenters. The molecule has 10 nitrogen and oxygen atoms in total. The zero-order chi connectivity index (χ0) is 25.9. The summed E-state index contributed by atoms with van der Waals surface area (Å²) in [6.07, 6.45) is 8.34. The minimum absolute atomic E-state index is 0.0122. The number of ether oxygens (including phenoxy) is 2. The summed E-state index contributed by atoms with van der Waals surface area (Å²) in [6, 6.07) is 7.70. The minimum Gasteiger partial charge on any atom is -0.444 e. The van der Waals surface area contributed by atoms with E-state index in [2.05, 4.69) is 21.5 Å². The molecule has 188 valence electrons. The molecule has 0 saturated carbocycles. The molecule has 1 saturated heterocycles. The number of nitrogens with one attached hydrogen (secondary N) is 2. The molecule has 4 rings (SSSR count). The maximum absolute atomic E-state index is 13.1. The zero-order valence-corrected chi connectivity index (χ0v) is 21.0. The van der Waals surface area contributed by atoms with Gasteiger partial charge in [0, 0.05) is 12.7 Å². The molecule has 0 bridgehead atoms. The molecule has 1 aliphatic heterocycles. The van der Waals surface area contributed by atoms with Gasteiger partial charge in [0.25, 0.3) is 11.8 Å². The van der Waals surface area contributed by atoms with E-state index in [9.17, 15) is 14.4 Å². The summed E-state index contributed by atoms with van der Waals surface area (Å²) in [5, 5.41) is 5.15. The molecule has 0 aliphatic carbocycles. The summed E-state index contributed by atoms with van der Waals surface area (Å²) in [6.45, 7) is 5.46. The zero-order valence-electron chi connectivity index (χ0n) is 20.2. The Bertz CT molecular complexity index is 1270. The Labute approximate surface area is 212 Å². The Morgan fingerprint density at radius 1 is 1.25 bits per heavy atom. The lowest BCUT2D eigenvalue weighted by Gasteiger charge is -2.35. The number of hydrogen-bond acceptors (Lipinski definition) is 7. The van der Waals surface area contributed by atoms with Crippen molar-refractivity contribution in [2.45, 2.75) is 38.5 Å². The molecule has 11 heteroatoms. The third kappa shape index (κ3) is 5.84. The number of morpholine rings is 1. The molecule has 1 aliphatic rings. The highest BCUT2D eigenvalue weighted by molar-refractivity contribution is 7.20. The van der Waals surface area contributed by atoms with Crippen LogP contribution in [0.15, 0.2) is 42.7 Å². The number of hydrogen-bond donors (Lipinski definition) is 2. The van der Waals surface area contributed by atoms with Crippen molar-refractivity contribution in [3.63, 3.8) is 0 Å². The fourth-order valence-electron chi connectivity index (χ4n) is 3.65. The predicted molar refractivity (Wildman–Crippen MR) is 135 cm³/mol. The first-order valence-electron chi connectivity index (χ1n) is 11.3. The van der Waals surface area contributed by atoms with Crippen molar-refractivity contribution in [2.24, 2.45) is 0 Å². The van der Waals surface area contributed by atoms with Gasteiger partial charge < -0.3 is 19.7 Å². The number of fused-ring (bicyclic) bond motifs is 1. The number of amides is 3. The van der Waals surface area contributed by atoms with Gasteiger partial charge in [-0.15, -0.1) is 6.42 Å². The van der Waals surface area contributed by atoms with Gasteiger partial charge in [0.2, 0.25) is 0 Å². The van der Waals surface area contributed by atoms with Gasteiger partial charge in [0.1, 0.15) is 11.6 Å². The van der Waals surface area contributed by atoms with Crippen LogP contribution >= 0.6 is 11.3 Å². The smallest absolute Gasteiger partial charge is 0.409 e. The second-order valence-electron chi connectivity index (χ2n) is 9.13. The van der Waals surface area contributed by atoms with Crippen LogP contribution in [0.3, 0.4) is 0 Å². The number of carbonyl (C=O) groups is 3. The van der Waals surface area contributed by atoms with E-state index in [0.29, 0.717) is 10.8 Å². The third-order valence-corrected chi connectivity index (χ3v) is 6.30. The Morgan fingerprint density at radius 2 is 2.00 bits per heavy atom. The Kier molecular flexibility index (Phi) is 7.28. The highest BCUT2D eigenvalue weighted by Crippen LogP contribution is 2.29. The summed E-state index contributed by atoms with van der Waals surface area (Å²) in [4.78, 5) is 45.9. The number of alkyl carbamates (subject to hydrolysis) is 1. The largest absolute Gasteiger partial charge is 0.444 e. The van der Waals surface area contributed by atoms with E-state index in [1.165, 1.54) is 16.2 Å². The van der Waals surface area contributed by atoms with Crippen molar-refractivity contribution >= 4 is 40.0 Å². The monoisotopic (exact) mass is 509 g/mol.